The Kier molecular flexibility index (Phi) is 5.99. The van der Waals surface area contributed by atoms with E-state index in [9.17, 15) is 0 Å². The van der Waals surface area contributed by atoms with Crippen molar-refractivity contribution >= 4 is 11.6 Å². The second kappa shape index (κ2) is 8.62. The van der Waals surface area contributed by atoms with Crippen molar-refractivity contribution in [2.24, 2.45) is 0 Å². The lowest BCUT2D eigenvalue weighted by Crippen LogP contribution is -2.25. The maximum atomic E-state index is 6.33. The zero-order valence-corrected chi connectivity index (χ0v) is 14.3. The number of pyridine rings is 1. The van der Waals surface area contributed by atoms with Crippen LogP contribution < -0.4 is 0 Å². The Balaban J connectivity index is 1.64. The maximum absolute atomic E-state index is 6.33. The fourth-order valence-electron chi connectivity index (χ4n) is 2.70. The molecule has 0 atom stereocenters. The third kappa shape index (κ3) is 4.91. The molecular weight excluding hydrogens is 320 g/mol. The highest BCUT2D eigenvalue weighted by Crippen LogP contribution is 2.18. The van der Waals surface area contributed by atoms with Gasteiger partial charge < -0.3 is 4.57 Å². The Morgan fingerprint density at radius 2 is 1.88 bits per heavy atom. The molecular formula is C19H21ClN4. The van der Waals surface area contributed by atoms with E-state index in [1.54, 1.807) is 0 Å². The fourth-order valence-corrected chi connectivity index (χ4v) is 2.89. The molecule has 2 heterocycles. The number of rotatable bonds is 8. The highest BCUT2D eigenvalue weighted by molar-refractivity contribution is 6.31. The van der Waals surface area contributed by atoms with Gasteiger partial charge in [0, 0.05) is 49.8 Å². The van der Waals surface area contributed by atoms with E-state index in [-0.39, 0.29) is 0 Å². The lowest BCUT2D eigenvalue weighted by molar-refractivity contribution is 0.245. The smallest absolute Gasteiger partial charge is 0.0945 e. The van der Waals surface area contributed by atoms with E-state index < -0.39 is 0 Å². The quantitative estimate of drug-likeness (QED) is 0.621. The molecule has 3 rings (SSSR count). The first-order valence-corrected chi connectivity index (χ1v) is 8.50. The molecule has 0 radical (unpaired) electrons. The Bertz CT molecular complexity index is 728. The van der Waals surface area contributed by atoms with Gasteiger partial charge in [0.05, 0.1) is 12.0 Å². The summed E-state index contributed by atoms with van der Waals surface area (Å²) < 4.78 is 2.11. The minimum absolute atomic E-state index is 0.815. The second-order valence-electron chi connectivity index (χ2n) is 5.78. The van der Waals surface area contributed by atoms with Gasteiger partial charge in [-0.05, 0) is 30.2 Å². The molecule has 5 heteroatoms. The van der Waals surface area contributed by atoms with E-state index in [1.165, 1.54) is 0 Å². The minimum atomic E-state index is 0.815. The number of nitrogens with zero attached hydrogens (tertiary/aromatic N) is 4. The van der Waals surface area contributed by atoms with Gasteiger partial charge in [0.2, 0.25) is 0 Å². The van der Waals surface area contributed by atoms with Crippen molar-refractivity contribution in [1.29, 1.82) is 0 Å². The highest BCUT2D eigenvalue weighted by atomic mass is 35.5. The Hall–Kier alpha value is -2.17. The largest absolute Gasteiger partial charge is 0.337 e. The summed E-state index contributed by atoms with van der Waals surface area (Å²) in [5.74, 6) is 0. The maximum Gasteiger partial charge on any atom is 0.0945 e. The predicted octanol–water partition coefficient (Wildman–Crippen LogP) is 4.02. The van der Waals surface area contributed by atoms with Crippen molar-refractivity contribution in [3.63, 3.8) is 0 Å². The van der Waals surface area contributed by atoms with Crippen LogP contribution in [0.5, 0.6) is 0 Å². The van der Waals surface area contributed by atoms with Crippen LogP contribution in [0.25, 0.3) is 0 Å². The van der Waals surface area contributed by atoms with E-state index >= 15 is 0 Å². The zero-order valence-electron chi connectivity index (χ0n) is 13.6. The van der Waals surface area contributed by atoms with Gasteiger partial charge >= 0.3 is 0 Å². The zero-order chi connectivity index (χ0) is 16.6. The van der Waals surface area contributed by atoms with E-state index in [2.05, 4.69) is 31.6 Å². The lowest BCUT2D eigenvalue weighted by Gasteiger charge is -2.22. The molecule has 0 saturated carbocycles. The summed E-state index contributed by atoms with van der Waals surface area (Å²) >= 11 is 6.33. The van der Waals surface area contributed by atoms with Gasteiger partial charge in [-0.1, -0.05) is 35.9 Å². The first-order valence-electron chi connectivity index (χ1n) is 8.12. The third-order valence-electron chi connectivity index (χ3n) is 3.91. The standard InChI is InChI=1S/C19H21ClN4/c20-19-8-2-1-6-17(19)14-24(15-18-7-3-4-9-22-18)12-5-11-23-13-10-21-16-23/h1-4,6-10,13,16H,5,11-12,14-15H2. The van der Waals surface area contributed by atoms with Crippen LogP contribution in [0, 0.1) is 0 Å². The molecule has 0 fully saturated rings. The van der Waals surface area contributed by atoms with Crippen LogP contribution in [-0.2, 0) is 19.6 Å². The molecule has 124 valence electrons. The molecule has 0 unspecified atom stereocenters. The third-order valence-corrected chi connectivity index (χ3v) is 4.28. The number of benzene rings is 1. The van der Waals surface area contributed by atoms with Crippen molar-refractivity contribution in [1.82, 2.24) is 19.4 Å². The van der Waals surface area contributed by atoms with Crippen LogP contribution in [0.4, 0.5) is 0 Å². The summed E-state index contributed by atoms with van der Waals surface area (Å²) in [5.41, 5.74) is 2.23. The van der Waals surface area contributed by atoms with Crippen LogP contribution in [-0.4, -0.2) is 26.0 Å². The summed E-state index contributed by atoms with van der Waals surface area (Å²) in [5, 5.41) is 0.818. The molecule has 3 aromatic rings. The van der Waals surface area contributed by atoms with Crippen LogP contribution in [0.15, 0.2) is 67.4 Å². The van der Waals surface area contributed by atoms with Crippen LogP contribution in [0.2, 0.25) is 5.02 Å². The monoisotopic (exact) mass is 340 g/mol. The topological polar surface area (TPSA) is 34.0 Å². The number of aromatic nitrogens is 3. The van der Waals surface area contributed by atoms with E-state index in [0.717, 1.165) is 48.9 Å². The van der Waals surface area contributed by atoms with Crippen LogP contribution in [0.3, 0.4) is 0 Å². The van der Waals surface area contributed by atoms with Crippen LogP contribution >= 0.6 is 11.6 Å². The van der Waals surface area contributed by atoms with Crippen molar-refractivity contribution in [3.8, 4) is 0 Å². The van der Waals surface area contributed by atoms with Gasteiger partial charge in [0.25, 0.3) is 0 Å². The van der Waals surface area contributed by atoms with Crippen molar-refractivity contribution < 1.29 is 0 Å². The molecule has 0 aliphatic heterocycles. The molecule has 0 aliphatic rings. The summed E-state index contributed by atoms with van der Waals surface area (Å²) in [7, 11) is 0. The van der Waals surface area contributed by atoms with Crippen molar-refractivity contribution in [2.75, 3.05) is 6.54 Å². The summed E-state index contributed by atoms with van der Waals surface area (Å²) in [6, 6.07) is 14.1. The highest BCUT2D eigenvalue weighted by Gasteiger charge is 2.10. The molecule has 0 bridgehead atoms. The molecule has 4 nitrogen and oxygen atoms in total. The van der Waals surface area contributed by atoms with Crippen molar-refractivity contribution in [2.45, 2.75) is 26.1 Å². The number of halogens is 1. The second-order valence-corrected chi connectivity index (χ2v) is 6.18. The number of hydrogen-bond acceptors (Lipinski definition) is 3. The minimum Gasteiger partial charge on any atom is -0.337 e. The van der Waals surface area contributed by atoms with Gasteiger partial charge in [0.15, 0.2) is 0 Å². The lowest BCUT2D eigenvalue weighted by atomic mass is 10.2. The predicted molar refractivity (Wildman–Crippen MR) is 96.6 cm³/mol. The van der Waals surface area contributed by atoms with E-state index in [4.69, 9.17) is 11.6 Å². The normalized spacial score (nSPS) is 11.1. The number of aryl methyl sites for hydroxylation is 1. The molecule has 2 aromatic heterocycles. The Morgan fingerprint density at radius 3 is 2.62 bits per heavy atom. The van der Waals surface area contributed by atoms with Gasteiger partial charge in [-0.15, -0.1) is 0 Å². The first kappa shape index (κ1) is 16.7. The molecule has 0 saturated heterocycles. The Labute approximate surface area is 147 Å². The number of hydrogen-bond donors (Lipinski definition) is 0. The van der Waals surface area contributed by atoms with E-state index in [1.807, 2.05) is 55.2 Å². The van der Waals surface area contributed by atoms with Gasteiger partial charge in [-0.2, -0.15) is 0 Å². The molecule has 24 heavy (non-hydrogen) atoms. The van der Waals surface area contributed by atoms with Crippen LogP contribution in [0.1, 0.15) is 17.7 Å². The first-order chi connectivity index (χ1) is 11.8. The van der Waals surface area contributed by atoms with Crippen molar-refractivity contribution in [3.05, 3.63) is 83.7 Å². The number of imidazole rings is 1. The molecule has 0 spiro atoms. The molecule has 0 aliphatic carbocycles. The average molecular weight is 341 g/mol. The van der Waals surface area contributed by atoms with E-state index in [0.29, 0.717) is 0 Å². The van der Waals surface area contributed by atoms with Gasteiger partial charge in [0.1, 0.15) is 0 Å². The van der Waals surface area contributed by atoms with Gasteiger partial charge in [-0.25, -0.2) is 4.98 Å². The van der Waals surface area contributed by atoms with Gasteiger partial charge in [-0.3, -0.25) is 9.88 Å². The average Bonchev–Trinajstić information content (AvgIpc) is 3.11. The molecule has 1 aromatic carbocycles. The summed E-state index contributed by atoms with van der Waals surface area (Å²) in [6.07, 6.45) is 8.56. The summed E-state index contributed by atoms with van der Waals surface area (Å²) in [4.78, 5) is 10.9. The summed E-state index contributed by atoms with van der Waals surface area (Å²) in [6.45, 7) is 3.57. The SMILES string of the molecule is Clc1ccccc1CN(CCCn1ccnc1)Cc1ccccn1. The Morgan fingerprint density at radius 1 is 1.00 bits per heavy atom. The molecule has 0 amide bonds. The fraction of sp³-hybridized carbons (Fsp3) is 0.263. The molecule has 0 N–H and O–H groups in total.